The Bertz CT molecular complexity index is 772. The van der Waals surface area contributed by atoms with Crippen molar-refractivity contribution in [3.63, 3.8) is 0 Å². The van der Waals surface area contributed by atoms with Gasteiger partial charge in [0.1, 0.15) is 24.3 Å². The Morgan fingerprint density at radius 2 is 2.11 bits per heavy atom. The molecule has 27 heavy (non-hydrogen) atoms. The largest absolute Gasteiger partial charge is 0.491 e. The van der Waals surface area contributed by atoms with Gasteiger partial charge in [-0.3, -0.25) is 14.7 Å². The third kappa shape index (κ3) is 5.48. The van der Waals surface area contributed by atoms with Crippen LogP contribution in [0.3, 0.4) is 0 Å². The molecule has 1 unspecified atom stereocenters. The van der Waals surface area contributed by atoms with Gasteiger partial charge < -0.3 is 14.7 Å². The molecule has 1 aliphatic rings. The molecule has 6 nitrogen and oxygen atoms in total. The second-order valence-electron chi connectivity index (χ2n) is 6.75. The molecule has 2 heterocycles. The van der Waals surface area contributed by atoms with Crippen molar-refractivity contribution >= 4 is 5.91 Å². The predicted molar refractivity (Wildman–Crippen MR) is 99.8 cm³/mol. The van der Waals surface area contributed by atoms with E-state index in [1.54, 1.807) is 36.5 Å². The van der Waals surface area contributed by atoms with Gasteiger partial charge in [0.2, 0.25) is 5.91 Å². The Kier molecular flexibility index (Phi) is 6.36. The van der Waals surface area contributed by atoms with Crippen molar-refractivity contribution in [2.24, 2.45) is 0 Å². The first-order chi connectivity index (χ1) is 13.0. The van der Waals surface area contributed by atoms with Crippen molar-refractivity contribution in [3.05, 3.63) is 48.5 Å². The van der Waals surface area contributed by atoms with Gasteiger partial charge in [0, 0.05) is 63.7 Å². The Morgan fingerprint density at radius 1 is 1.26 bits per heavy atom. The number of aromatic nitrogens is 1. The number of β-amino-alcohol motifs (C(OH)–C–C–N with tert-alkyl or cyclic N) is 1. The molecule has 144 valence electrons. The van der Waals surface area contributed by atoms with Gasteiger partial charge in [-0.1, -0.05) is 6.07 Å². The number of ether oxygens (including phenoxy) is 1. The van der Waals surface area contributed by atoms with E-state index in [9.17, 15) is 14.3 Å². The quantitative estimate of drug-likeness (QED) is 0.836. The minimum atomic E-state index is -0.728. The Hall–Kier alpha value is -2.51. The molecular formula is C20H24FN3O3. The first kappa shape index (κ1) is 19.3. The van der Waals surface area contributed by atoms with Gasteiger partial charge in [-0.05, 0) is 23.8 Å². The number of hydrogen-bond acceptors (Lipinski definition) is 5. The van der Waals surface area contributed by atoms with Crippen LogP contribution >= 0.6 is 0 Å². The number of likely N-dealkylation sites (N-methyl/N-ethyl adjacent to an activating group) is 1. The molecule has 0 saturated carbocycles. The Labute approximate surface area is 158 Å². The minimum absolute atomic E-state index is 0.0518. The summed E-state index contributed by atoms with van der Waals surface area (Å²) in [5, 5.41) is 10.3. The van der Waals surface area contributed by atoms with Crippen molar-refractivity contribution < 1.29 is 19.0 Å². The van der Waals surface area contributed by atoms with Crippen LogP contribution in [0.15, 0.2) is 42.7 Å². The van der Waals surface area contributed by atoms with E-state index in [0.717, 1.165) is 5.56 Å². The summed E-state index contributed by atoms with van der Waals surface area (Å²) >= 11 is 0. The van der Waals surface area contributed by atoms with Gasteiger partial charge in [0.25, 0.3) is 0 Å². The molecule has 1 atom stereocenters. The van der Waals surface area contributed by atoms with E-state index in [0.29, 0.717) is 43.9 Å². The second-order valence-corrected chi connectivity index (χ2v) is 6.75. The first-order valence-electron chi connectivity index (χ1n) is 8.99. The second kappa shape index (κ2) is 8.92. The van der Waals surface area contributed by atoms with Crippen LogP contribution in [-0.2, 0) is 4.79 Å². The summed E-state index contributed by atoms with van der Waals surface area (Å²) in [6, 6.07) is 8.08. The molecule has 0 radical (unpaired) electrons. The topological polar surface area (TPSA) is 65.9 Å². The molecule has 1 fully saturated rings. The fraction of sp³-hybridized carbons (Fsp3) is 0.400. The highest BCUT2D eigenvalue weighted by Gasteiger charge is 2.20. The molecule has 1 aliphatic heterocycles. The van der Waals surface area contributed by atoms with Crippen LogP contribution in [0.4, 0.5) is 4.39 Å². The Balaban J connectivity index is 1.56. The van der Waals surface area contributed by atoms with E-state index < -0.39 is 11.9 Å². The van der Waals surface area contributed by atoms with Crippen LogP contribution in [0.25, 0.3) is 11.1 Å². The number of aliphatic hydroxyl groups excluding tert-OH is 1. The van der Waals surface area contributed by atoms with E-state index in [-0.39, 0.29) is 12.5 Å². The maximum Gasteiger partial charge on any atom is 0.223 e. The van der Waals surface area contributed by atoms with Gasteiger partial charge in [0.05, 0.1) is 0 Å². The van der Waals surface area contributed by atoms with Crippen molar-refractivity contribution in [1.82, 2.24) is 14.8 Å². The number of amides is 1. The highest BCUT2D eigenvalue weighted by atomic mass is 19.1. The lowest BCUT2D eigenvalue weighted by Crippen LogP contribution is -2.37. The van der Waals surface area contributed by atoms with Crippen LogP contribution in [0.1, 0.15) is 6.42 Å². The maximum absolute atomic E-state index is 13.9. The SMILES string of the molecule is CN1CCN(CC(O)COc2cc(F)cc(-c3cccnc3)c2)CCC1=O. The molecule has 1 N–H and O–H groups in total. The number of aliphatic hydroxyl groups is 1. The van der Waals surface area contributed by atoms with E-state index in [1.807, 2.05) is 11.0 Å². The number of rotatable bonds is 6. The van der Waals surface area contributed by atoms with E-state index in [2.05, 4.69) is 4.98 Å². The molecule has 3 rings (SSSR count). The van der Waals surface area contributed by atoms with Gasteiger partial charge in [0.15, 0.2) is 0 Å². The molecule has 0 spiro atoms. The summed E-state index contributed by atoms with van der Waals surface area (Å²) < 4.78 is 19.5. The van der Waals surface area contributed by atoms with Gasteiger partial charge in [-0.15, -0.1) is 0 Å². The molecule has 0 bridgehead atoms. The molecule has 0 aliphatic carbocycles. The maximum atomic E-state index is 13.9. The lowest BCUT2D eigenvalue weighted by Gasteiger charge is -2.23. The molecule has 1 aromatic heterocycles. The zero-order chi connectivity index (χ0) is 19.2. The fourth-order valence-electron chi connectivity index (χ4n) is 3.04. The van der Waals surface area contributed by atoms with Crippen LogP contribution in [-0.4, -0.2) is 71.7 Å². The van der Waals surface area contributed by atoms with Crippen molar-refractivity contribution in [1.29, 1.82) is 0 Å². The van der Waals surface area contributed by atoms with Crippen LogP contribution in [0.5, 0.6) is 5.75 Å². The van der Waals surface area contributed by atoms with E-state index >= 15 is 0 Å². The third-order valence-electron chi connectivity index (χ3n) is 4.60. The smallest absolute Gasteiger partial charge is 0.223 e. The summed E-state index contributed by atoms with van der Waals surface area (Å²) in [6.07, 6.45) is 3.03. The highest BCUT2D eigenvalue weighted by molar-refractivity contribution is 5.76. The first-order valence-corrected chi connectivity index (χ1v) is 8.99. The predicted octanol–water partition coefficient (Wildman–Crippen LogP) is 1.79. The number of nitrogens with zero attached hydrogens (tertiary/aromatic N) is 3. The summed E-state index contributed by atoms with van der Waals surface area (Å²) in [6.45, 7) is 2.43. The zero-order valence-corrected chi connectivity index (χ0v) is 15.3. The zero-order valence-electron chi connectivity index (χ0n) is 15.3. The average molecular weight is 373 g/mol. The summed E-state index contributed by atoms with van der Waals surface area (Å²) in [5.74, 6) is 0.0690. The summed E-state index contributed by atoms with van der Waals surface area (Å²) in [4.78, 5) is 19.5. The monoisotopic (exact) mass is 373 g/mol. The average Bonchev–Trinajstić information content (AvgIpc) is 2.82. The van der Waals surface area contributed by atoms with Crippen LogP contribution < -0.4 is 4.74 Å². The lowest BCUT2D eigenvalue weighted by molar-refractivity contribution is -0.129. The molecular weight excluding hydrogens is 349 g/mol. The van der Waals surface area contributed by atoms with Crippen molar-refractivity contribution in [2.75, 3.05) is 39.8 Å². The van der Waals surface area contributed by atoms with Gasteiger partial charge >= 0.3 is 0 Å². The summed E-state index contributed by atoms with van der Waals surface area (Å²) in [5.41, 5.74) is 1.46. The fourth-order valence-corrected chi connectivity index (χ4v) is 3.04. The number of carbonyl (C=O) groups is 1. The number of halogens is 1. The number of benzene rings is 1. The van der Waals surface area contributed by atoms with Crippen LogP contribution in [0.2, 0.25) is 0 Å². The number of carbonyl (C=O) groups excluding carboxylic acids is 1. The van der Waals surface area contributed by atoms with Crippen LogP contribution in [0, 0.1) is 5.82 Å². The Morgan fingerprint density at radius 3 is 2.89 bits per heavy atom. The van der Waals surface area contributed by atoms with E-state index in [4.69, 9.17) is 4.74 Å². The standard InChI is InChI=1S/C20H24FN3O3/c1-23-7-8-24(6-4-20(23)26)13-18(25)14-27-19-10-16(9-17(21)11-19)15-3-2-5-22-12-15/h2-3,5,9-12,18,25H,4,6-8,13-14H2,1H3. The van der Waals surface area contributed by atoms with Crippen molar-refractivity contribution in [2.45, 2.75) is 12.5 Å². The molecule has 1 aromatic carbocycles. The number of hydrogen-bond donors (Lipinski definition) is 1. The molecule has 1 saturated heterocycles. The molecule has 7 heteroatoms. The normalized spacial score (nSPS) is 16.9. The molecule has 2 aromatic rings. The third-order valence-corrected chi connectivity index (χ3v) is 4.60. The molecule has 1 amide bonds. The lowest BCUT2D eigenvalue weighted by atomic mass is 10.1. The van der Waals surface area contributed by atoms with Crippen molar-refractivity contribution in [3.8, 4) is 16.9 Å². The minimum Gasteiger partial charge on any atom is -0.491 e. The summed E-state index contributed by atoms with van der Waals surface area (Å²) in [7, 11) is 1.79. The number of pyridine rings is 1. The highest BCUT2D eigenvalue weighted by Crippen LogP contribution is 2.25. The van der Waals surface area contributed by atoms with Gasteiger partial charge in [-0.2, -0.15) is 0 Å². The van der Waals surface area contributed by atoms with E-state index in [1.165, 1.54) is 12.1 Å². The van der Waals surface area contributed by atoms with Gasteiger partial charge in [-0.25, -0.2) is 4.39 Å².